The van der Waals surface area contributed by atoms with Crippen molar-refractivity contribution in [3.05, 3.63) is 35.9 Å². The molecular formula is C16H20ClF3N4O3S. The van der Waals surface area contributed by atoms with Gasteiger partial charge in [0.15, 0.2) is 15.0 Å². The topological polar surface area (TPSA) is 88.3 Å². The minimum Gasteiger partial charge on any atom is -0.374 e. The lowest BCUT2D eigenvalue weighted by Gasteiger charge is -2.27. The highest BCUT2D eigenvalue weighted by molar-refractivity contribution is 7.91. The molecule has 156 valence electrons. The van der Waals surface area contributed by atoms with E-state index in [-0.39, 0.29) is 18.1 Å². The molecule has 2 aromatic rings. The summed E-state index contributed by atoms with van der Waals surface area (Å²) >= 11 is 6.15. The number of rotatable bonds is 9. The monoisotopic (exact) mass is 440 g/mol. The summed E-state index contributed by atoms with van der Waals surface area (Å²) < 4.78 is 61.7. The third-order valence-electron chi connectivity index (χ3n) is 3.96. The molecule has 0 aromatic carbocycles. The Labute approximate surface area is 165 Å². The van der Waals surface area contributed by atoms with Gasteiger partial charge in [0.1, 0.15) is 6.23 Å². The van der Waals surface area contributed by atoms with E-state index in [1.807, 2.05) is 0 Å². The largest absolute Gasteiger partial charge is 0.390 e. The van der Waals surface area contributed by atoms with E-state index in [9.17, 15) is 26.7 Å². The van der Waals surface area contributed by atoms with Crippen LogP contribution in [0.4, 0.5) is 18.9 Å². The number of alkyl halides is 3. The van der Waals surface area contributed by atoms with Gasteiger partial charge >= 0.3 is 6.18 Å². The quantitative estimate of drug-likeness (QED) is 0.603. The van der Waals surface area contributed by atoms with E-state index < -0.39 is 40.2 Å². The number of hydrogen-bond donors (Lipinski definition) is 1. The van der Waals surface area contributed by atoms with Crippen molar-refractivity contribution in [1.82, 2.24) is 14.8 Å². The summed E-state index contributed by atoms with van der Waals surface area (Å²) in [5.41, 5.74) is 1.00. The van der Waals surface area contributed by atoms with Crippen molar-refractivity contribution >= 4 is 27.1 Å². The lowest BCUT2D eigenvalue weighted by atomic mass is 10.3. The summed E-state index contributed by atoms with van der Waals surface area (Å²) in [6.45, 7) is 2.00. The maximum Gasteiger partial charge on any atom is 0.390 e. The fourth-order valence-corrected chi connectivity index (χ4v) is 4.07. The van der Waals surface area contributed by atoms with Crippen LogP contribution in [0.3, 0.4) is 0 Å². The molecule has 0 aliphatic heterocycles. The molecule has 0 saturated heterocycles. The van der Waals surface area contributed by atoms with Crippen LogP contribution in [0.1, 0.15) is 19.8 Å². The van der Waals surface area contributed by atoms with Crippen molar-refractivity contribution in [1.29, 1.82) is 0 Å². The number of halogens is 4. The number of anilines is 1. The number of aromatic nitrogens is 3. The zero-order valence-electron chi connectivity index (χ0n) is 15.0. The van der Waals surface area contributed by atoms with Gasteiger partial charge in [-0.05, 0) is 19.1 Å². The number of hydrogen-bond acceptors (Lipinski definition) is 6. The molecule has 2 heterocycles. The Morgan fingerprint density at radius 3 is 2.64 bits per heavy atom. The Balaban J connectivity index is 2.08. The molecule has 2 rings (SSSR count). The van der Waals surface area contributed by atoms with Crippen molar-refractivity contribution < 1.29 is 26.7 Å². The average molecular weight is 441 g/mol. The first-order valence-corrected chi connectivity index (χ1v) is 10.6. The van der Waals surface area contributed by atoms with E-state index in [0.29, 0.717) is 11.4 Å². The smallest absolute Gasteiger partial charge is 0.374 e. The molecule has 0 amide bonds. The minimum atomic E-state index is -4.55. The molecule has 0 spiro atoms. The maximum atomic E-state index is 12.2. The lowest BCUT2D eigenvalue weighted by molar-refractivity contribution is -0.129. The number of aliphatic hydroxyl groups is 1. The summed E-state index contributed by atoms with van der Waals surface area (Å²) in [7, 11) is -3.95. The standard InChI is InChI=1S/C16H20ClF3N4O3S/c1-2-23(14(25)5-8-28(26,27)9-6-16(18,19)20)13-11-24(22-15(13)17)12-4-3-7-21-10-12/h3-4,7,10-11,14,25H,2,5-6,8-9H2,1H3. The van der Waals surface area contributed by atoms with Gasteiger partial charge in [-0.25, -0.2) is 13.1 Å². The molecule has 7 nitrogen and oxygen atoms in total. The first kappa shape index (κ1) is 22.4. The molecule has 0 aliphatic rings. The Hall–Kier alpha value is -1.85. The Morgan fingerprint density at radius 2 is 2.07 bits per heavy atom. The molecule has 0 fully saturated rings. The zero-order chi connectivity index (χ0) is 20.9. The molecule has 1 unspecified atom stereocenters. The van der Waals surface area contributed by atoms with Crippen molar-refractivity contribution in [3.8, 4) is 5.69 Å². The molecule has 0 bridgehead atoms. The number of sulfone groups is 1. The molecule has 1 N–H and O–H groups in total. The van der Waals surface area contributed by atoms with E-state index in [2.05, 4.69) is 10.1 Å². The van der Waals surface area contributed by atoms with Crippen LogP contribution >= 0.6 is 11.6 Å². The van der Waals surface area contributed by atoms with Crippen molar-refractivity contribution in [2.45, 2.75) is 32.2 Å². The molecule has 12 heteroatoms. The summed E-state index contributed by atoms with van der Waals surface area (Å²) in [6.07, 6.45) is -2.76. The van der Waals surface area contributed by atoms with Gasteiger partial charge in [-0.2, -0.15) is 18.3 Å². The summed E-state index contributed by atoms with van der Waals surface area (Å²) in [5, 5.41) is 14.6. The van der Waals surface area contributed by atoms with Gasteiger partial charge < -0.3 is 10.0 Å². The highest BCUT2D eigenvalue weighted by atomic mass is 35.5. The van der Waals surface area contributed by atoms with Crippen LogP contribution in [0, 0.1) is 0 Å². The summed E-state index contributed by atoms with van der Waals surface area (Å²) in [6, 6.07) is 3.46. The predicted molar refractivity (Wildman–Crippen MR) is 99.3 cm³/mol. The fourth-order valence-electron chi connectivity index (χ4n) is 2.51. The Morgan fingerprint density at radius 1 is 1.36 bits per heavy atom. The van der Waals surface area contributed by atoms with E-state index >= 15 is 0 Å². The van der Waals surface area contributed by atoms with E-state index in [1.165, 1.54) is 9.58 Å². The van der Waals surface area contributed by atoms with Crippen molar-refractivity contribution in [3.63, 3.8) is 0 Å². The molecule has 0 aliphatic carbocycles. The second-order valence-electron chi connectivity index (χ2n) is 6.03. The van der Waals surface area contributed by atoms with Crippen molar-refractivity contribution in [2.24, 2.45) is 0 Å². The second kappa shape index (κ2) is 9.10. The lowest BCUT2D eigenvalue weighted by Crippen LogP contribution is -2.36. The van der Waals surface area contributed by atoms with Gasteiger partial charge in [0.05, 0.1) is 41.7 Å². The fraction of sp³-hybridized carbons (Fsp3) is 0.500. The highest BCUT2D eigenvalue weighted by Crippen LogP contribution is 2.28. The first-order valence-electron chi connectivity index (χ1n) is 8.40. The molecule has 28 heavy (non-hydrogen) atoms. The van der Waals surface area contributed by atoms with Crippen LogP contribution in [-0.4, -0.2) is 58.7 Å². The molecule has 1 atom stereocenters. The van der Waals surface area contributed by atoms with Gasteiger partial charge in [-0.15, -0.1) is 0 Å². The Bertz CT molecular complexity index is 875. The highest BCUT2D eigenvalue weighted by Gasteiger charge is 2.30. The van der Waals surface area contributed by atoms with Gasteiger partial charge in [0.2, 0.25) is 0 Å². The van der Waals surface area contributed by atoms with Gasteiger partial charge in [-0.1, -0.05) is 11.6 Å². The molecular weight excluding hydrogens is 421 g/mol. The third-order valence-corrected chi connectivity index (χ3v) is 5.91. The van der Waals surface area contributed by atoms with Crippen LogP contribution in [-0.2, 0) is 9.84 Å². The van der Waals surface area contributed by atoms with Gasteiger partial charge in [0, 0.05) is 19.2 Å². The predicted octanol–water partition coefficient (Wildman–Crippen LogP) is 2.82. The van der Waals surface area contributed by atoms with Crippen LogP contribution in [0.25, 0.3) is 5.69 Å². The van der Waals surface area contributed by atoms with Crippen LogP contribution in [0.15, 0.2) is 30.7 Å². The molecule has 0 radical (unpaired) electrons. The maximum absolute atomic E-state index is 12.2. The second-order valence-corrected chi connectivity index (χ2v) is 8.69. The SMILES string of the molecule is CCN(c1cn(-c2cccnc2)nc1Cl)C(O)CCS(=O)(=O)CCC(F)(F)F. The number of nitrogens with zero attached hydrogens (tertiary/aromatic N) is 4. The zero-order valence-corrected chi connectivity index (χ0v) is 16.5. The van der Waals surface area contributed by atoms with E-state index in [4.69, 9.17) is 11.6 Å². The third kappa shape index (κ3) is 6.35. The van der Waals surface area contributed by atoms with E-state index in [1.54, 1.807) is 37.6 Å². The summed E-state index contributed by atoms with van der Waals surface area (Å²) in [4.78, 5) is 5.41. The molecule has 0 saturated carbocycles. The molecule has 2 aromatic heterocycles. The first-order chi connectivity index (χ1) is 13.0. The van der Waals surface area contributed by atoms with Crippen LogP contribution < -0.4 is 4.90 Å². The number of pyridine rings is 1. The average Bonchev–Trinajstić information content (AvgIpc) is 3.01. The summed E-state index contributed by atoms with van der Waals surface area (Å²) in [5.74, 6) is -1.58. The van der Waals surface area contributed by atoms with Gasteiger partial charge in [-0.3, -0.25) is 4.98 Å². The van der Waals surface area contributed by atoms with Crippen LogP contribution in [0.5, 0.6) is 0 Å². The minimum absolute atomic E-state index is 0.0877. The van der Waals surface area contributed by atoms with E-state index in [0.717, 1.165) is 0 Å². The van der Waals surface area contributed by atoms with Crippen molar-refractivity contribution in [2.75, 3.05) is 23.0 Å². The number of aliphatic hydroxyl groups excluding tert-OH is 1. The normalized spacial score (nSPS) is 13.5. The Kier molecular flexibility index (Phi) is 7.29. The van der Waals surface area contributed by atoms with Crippen LogP contribution in [0.2, 0.25) is 5.15 Å². The van der Waals surface area contributed by atoms with Gasteiger partial charge in [0.25, 0.3) is 0 Å².